The normalized spacial score (nSPS) is 18.6. The molecule has 0 fully saturated rings. The van der Waals surface area contributed by atoms with E-state index in [1.807, 2.05) is 0 Å². The number of carbonyl (C=O) groups is 1. The topological polar surface area (TPSA) is 69.4 Å². The van der Waals surface area contributed by atoms with Gasteiger partial charge in [0.1, 0.15) is 11.9 Å². The molecule has 1 atom stereocenters. The molecule has 1 unspecified atom stereocenters. The zero-order valence-electron chi connectivity index (χ0n) is 7.47. The molecule has 0 N–H and O–H groups in total. The average Bonchev–Trinajstić information content (AvgIpc) is 2.58. The van der Waals surface area contributed by atoms with Crippen LogP contribution in [0.1, 0.15) is 17.2 Å². The minimum absolute atomic E-state index is 0.0324. The van der Waals surface area contributed by atoms with E-state index in [4.69, 9.17) is 4.74 Å². The van der Waals surface area contributed by atoms with Gasteiger partial charge in [-0.3, -0.25) is 10.1 Å². The maximum atomic E-state index is 13.0. The highest BCUT2D eigenvalue weighted by molar-refractivity contribution is 5.65. The molecule has 2 rings (SSSR count). The summed E-state index contributed by atoms with van der Waals surface area (Å²) < 4.78 is 18.0. The highest BCUT2D eigenvalue weighted by Crippen LogP contribution is 2.35. The summed E-state index contributed by atoms with van der Waals surface area (Å²) in [5.74, 6) is -0.738. The van der Waals surface area contributed by atoms with Crippen LogP contribution in [0.2, 0.25) is 0 Å². The van der Waals surface area contributed by atoms with Crippen molar-refractivity contribution in [2.75, 3.05) is 0 Å². The number of aldehydes is 1. The lowest BCUT2D eigenvalue weighted by molar-refractivity contribution is -0.385. The van der Waals surface area contributed by atoms with Gasteiger partial charge in [-0.05, 0) is 6.07 Å². The van der Waals surface area contributed by atoms with E-state index in [1.54, 1.807) is 0 Å². The monoisotopic (exact) mass is 211 g/mol. The number of ether oxygens (including phenoxy) is 1. The van der Waals surface area contributed by atoms with Crippen LogP contribution in [0.3, 0.4) is 0 Å². The van der Waals surface area contributed by atoms with Gasteiger partial charge in [-0.2, -0.15) is 0 Å². The fourth-order valence-electron chi connectivity index (χ4n) is 1.59. The van der Waals surface area contributed by atoms with E-state index in [9.17, 15) is 19.3 Å². The molecular formula is C9H6FNO4. The predicted octanol–water partition coefficient (Wildman–Crippen LogP) is 1.50. The molecule has 0 amide bonds. The molecule has 0 aliphatic carbocycles. The van der Waals surface area contributed by atoms with Gasteiger partial charge in [0.25, 0.3) is 5.69 Å². The molecule has 1 aliphatic rings. The average molecular weight is 211 g/mol. The summed E-state index contributed by atoms with van der Waals surface area (Å²) in [6.45, 7) is -0.0324. The fourth-order valence-corrected chi connectivity index (χ4v) is 1.59. The second-order valence-electron chi connectivity index (χ2n) is 3.12. The van der Waals surface area contributed by atoms with E-state index in [1.165, 1.54) is 0 Å². The number of hydrogen-bond acceptors (Lipinski definition) is 4. The molecule has 5 nitrogen and oxygen atoms in total. The largest absolute Gasteiger partial charge is 0.361 e. The van der Waals surface area contributed by atoms with Gasteiger partial charge in [-0.1, -0.05) is 0 Å². The first-order valence-electron chi connectivity index (χ1n) is 4.17. The van der Waals surface area contributed by atoms with Crippen molar-refractivity contribution in [1.82, 2.24) is 0 Å². The molecule has 1 aromatic carbocycles. The summed E-state index contributed by atoms with van der Waals surface area (Å²) in [5, 5.41) is 10.6. The number of nitrogens with zero attached hydrogens (tertiary/aromatic N) is 1. The van der Waals surface area contributed by atoms with Crippen molar-refractivity contribution >= 4 is 12.0 Å². The van der Waals surface area contributed by atoms with Gasteiger partial charge in [0.15, 0.2) is 6.29 Å². The number of nitro groups is 1. The predicted molar refractivity (Wildman–Crippen MR) is 46.6 cm³/mol. The SMILES string of the molecule is O=CC1OCc2c1cc(F)cc2[N+](=O)[O-]. The first-order chi connectivity index (χ1) is 7.13. The summed E-state index contributed by atoms with van der Waals surface area (Å²) in [7, 11) is 0. The van der Waals surface area contributed by atoms with Crippen LogP contribution < -0.4 is 0 Å². The molecule has 6 heteroatoms. The third kappa shape index (κ3) is 1.48. The highest BCUT2D eigenvalue weighted by atomic mass is 19.1. The van der Waals surface area contributed by atoms with Crippen molar-refractivity contribution < 1.29 is 18.8 Å². The van der Waals surface area contributed by atoms with Gasteiger partial charge in [0.2, 0.25) is 0 Å². The van der Waals surface area contributed by atoms with E-state index in [0.29, 0.717) is 6.29 Å². The molecule has 0 bridgehead atoms. The second-order valence-corrected chi connectivity index (χ2v) is 3.12. The van der Waals surface area contributed by atoms with E-state index >= 15 is 0 Å². The van der Waals surface area contributed by atoms with Gasteiger partial charge < -0.3 is 9.53 Å². The number of carbonyl (C=O) groups excluding carboxylic acids is 1. The summed E-state index contributed by atoms with van der Waals surface area (Å²) in [6.07, 6.45) is -0.399. The number of hydrogen-bond donors (Lipinski definition) is 0. The summed E-state index contributed by atoms with van der Waals surface area (Å²) in [4.78, 5) is 20.5. The number of benzene rings is 1. The minimum atomic E-state index is -0.894. The van der Waals surface area contributed by atoms with Crippen LogP contribution >= 0.6 is 0 Å². The van der Waals surface area contributed by atoms with Crippen LogP contribution in [0.5, 0.6) is 0 Å². The molecule has 1 heterocycles. The summed E-state index contributed by atoms with van der Waals surface area (Å²) >= 11 is 0. The molecule has 0 saturated carbocycles. The van der Waals surface area contributed by atoms with Crippen molar-refractivity contribution in [3.05, 3.63) is 39.2 Å². The molecule has 15 heavy (non-hydrogen) atoms. The van der Waals surface area contributed by atoms with Crippen LogP contribution in [-0.4, -0.2) is 11.2 Å². The van der Waals surface area contributed by atoms with E-state index < -0.39 is 16.8 Å². The Labute approximate surface area is 83.6 Å². The van der Waals surface area contributed by atoms with Crippen molar-refractivity contribution in [2.45, 2.75) is 12.7 Å². The third-order valence-corrected chi connectivity index (χ3v) is 2.26. The van der Waals surface area contributed by atoms with Gasteiger partial charge in [-0.25, -0.2) is 4.39 Å². The number of rotatable bonds is 2. The van der Waals surface area contributed by atoms with Crippen molar-refractivity contribution in [3.63, 3.8) is 0 Å². The number of halogens is 1. The Morgan fingerprint density at radius 2 is 2.33 bits per heavy atom. The van der Waals surface area contributed by atoms with E-state index in [0.717, 1.165) is 12.1 Å². The van der Waals surface area contributed by atoms with Crippen molar-refractivity contribution in [2.24, 2.45) is 0 Å². The molecule has 0 saturated heterocycles. The van der Waals surface area contributed by atoms with Gasteiger partial charge >= 0.3 is 0 Å². The molecule has 0 spiro atoms. The van der Waals surface area contributed by atoms with Crippen molar-refractivity contribution in [1.29, 1.82) is 0 Å². The zero-order valence-corrected chi connectivity index (χ0v) is 7.47. The Morgan fingerprint density at radius 1 is 1.60 bits per heavy atom. The van der Waals surface area contributed by atoms with Crippen molar-refractivity contribution in [3.8, 4) is 0 Å². The zero-order chi connectivity index (χ0) is 11.0. The Bertz CT molecular complexity index is 446. The quantitative estimate of drug-likeness (QED) is 0.422. The van der Waals surface area contributed by atoms with Crippen LogP contribution in [-0.2, 0) is 16.1 Å². The van der Waals surface area contributed by atoms with E-state index in [2.05, 4.69) is 0 Å². The van der Waals surface area contributed by atoms with Gasteiger partial charge in [0.05, 0.1) is 23.2 Å². The minimum Gasteiger partial charge on any atom is -0.361 e. The number of nitro benzene ring substituents is 1. The van der Waals surface area contributed by atoms with E-state index in [-0.39, 0.29) is 23.4 Å². The van der Waals surface area contributed by atoms with Gasteiger partial charge in [-0.15, -0.1) is 0 Å². The Balaban J connectivity index is 2.62. The Hall–Kier alpha value is -1.82. The maximum Gasteiger partial charge on any atom is 0.278 e. The Kier molecular flexibility index (Phi) is 2.20. The second kappa shape index (κ2) is 3.39. The molecule has 1 aromatic rings. The third-order valence-electron chi connectivity index (χ3n) is 2.26. The van der Waals surface area contributed by atoms with Crippen LogP contribution in [0.25, 0.3) is 0 Å². The molecule has 0 radical (unpaired) electrons. The fraction of sp³-hybridized carbons (Fsp3) is 0.222. The molecule has 78 valence electrons. The summed E-state index contributed by atoms with van der Waals surface area (Å²) in [6, 6.07) is 1.92. The molecule has 1 aliphatic heterocycles. The van der Waals surface area contributed by atoms with Gasteiger partial charge in [0, 0.05) is 5.56 Å². The highest BCUT2D eigenvalue weighted by Gasteiger charge is 2.30. The lowest BCUT2D eigenvalue weighted by Crippen LogP contribution is -1.99. The summed E-state index contributed by atoms with van der Waals surface area (Å²) in [5.41, 5.74) is 0.185. The Morgan fingerprint density at radius 3 is 2.93 bits per heavy atom. The van der Waals surface area contributed by atoms with Crippen LogP contribution in [0.4, 0.5) is 10.1 Å². The standard InChI is InChI=1S/C9H6FNO4/c10-5-1-6-7(4-15-9(6)3-12)8(2-5)11(13)14/h1-3,9H,4H2. The molecular weight excluding hydrogens is 205 g/mol. The number of fused-ring (bicyclic) bond motifs is 1. The van der Waals surface area contributed by atoms with Crippen LogP contribution in [0, 0.1) is 15.9 Å². The smallest absolute Gasteiger partial charge is 0.278 e. The maximum absolute atomic E-state index is 13.0. The van der Waals surface area contributed by atoms with Crippen LogP contribution in [0.15, 0.2) is 12.1 Å². The lowest BCUT2D eigenvalue weighted by atomic mass is 10.0. The lowest BCUT2D eigenvalue weighted by Gasteiger charge is -2.02. The first kappa shape index (κ1) is 9.72. The molecule has 0 aromatic heterocycles. The first-order valence-corrected chi connectivity index (χ1v) is 4.17.